The maximum atomic E-state index is 11.9. The fourth-order valence-electron chi connectivity index (χ4n) is 1.77. The van der Waals surface area contributed by atoms with Crippen LogP contribution in [0.4, 0.5) is 0 Å². The SMILES string of the molecule is CCCS(=O)(=O)N1N=Cc2cc(Cl)ccc2B1O. The number of hydrogen-bond donors (Lipinski definition) is 1. The minimum Gasteiger partial charge on any atom is -0.427 e. The van der Waals surface area contributed by atoms with Crippen LogP contribution >= 0.6 is 11.6 Å². The summed E-state index contributed by atoms with van der Waals surface area (Å²) in [4.78, 5) is 0. The normalized spacial score (nSPS) is 14.8. The predicted molar refractivity (Wildman–Crippen MR) is 72.6 cm³/mol. The van der Waals surface area contributed by atoms with E-state index in [4.69, 9.17) is 11.6 Å². The summed E-state index contributed by atoms with van der Waals surface area (Å²) in [6, 6.07) is 4.84. The van der Waals surface area contributed by atoms with Crippen LogP contribution in [0.25, 0.3) is 0 Å². The Morgan fingerprint density at radius 2 is 2.22 bits per heavy atom. The lowest BCUT2D eigenvalue weighted by atomic mass is 9.72. The molecule has 0 spiro atoms. The van der Waals surface area contributed by atoms with Crippen molar-refractivity contribution < 1.29 is 13.4 Å². The average molecular weight is 287 g/mol. The topological polar surface area (TPSA) is 70.0 Å². The van der Waals surface area contributed by atoms with Crippen molar-refractivity contribution >= 4 is 40.4 Å². The van der Waals surface area contributed by atoms with Gasteiger partial charge in [-0.15, -0.1) is 0 Å². The summed E-state index contributed by atoms with van der Waals surface area (Å²) in [7, 11) is -4.88. The van der Waals surface area contributed by atoms with Crippen molar-refractivity contribution in [3.05, 3.63) is 28.8 Å². The van der Waals surface area contributed by atoms with Crippen molar-refractivity contribution in [3.63, 3.8) is 0 Å². The van der Waals surface area contributed by atoms with E-state index < -0.39 is 17.1 Å². The zero-order valence-corrected chi connectivity index (χ0v) is 11.3. The average Bonchev–Trinajstić information content (AvgIpc) is 2.28. The third-order valence-corrected chi connectivity index (χ3v) is 4.62. The van der Waals surface area contributed by atoms with Crippen LogP contribution < -0.4 is 5.46 Å². The summed E-state index contributed by atoms with van der Waals surface area (Å²) in [5.74, 6) is -0.0513. The second kappa shape index (κ2) is 4.91. The molecular formula is C10H12BClN2O3S. The quantitative estimate of drug-likeness (QED) is 0.819. The molecular weight excluding hydrogens is 274 g/mol. The zero-order valence-electron chi connectivity index (χ0n) is 9.75. The van der Waals surface area contributed by atoms with Gasteiger partial charge >= 0.3 is 7.05 Å². The van der Waals surface area contributed by atoms with Gasteiger partial charge in [-0.05, 0) is 29.6 Å². The fraction of sp³-hybridized carbons (Fsp3) is 0.300. The first kappa shape index (κ1) is 13.4. The van der Waals surface area contributed by atoms with E-state index in [2.05, 4.69) is 5.10 Å². The molecule has 18 heavy (non-hydrogen) atoms. The van der Waals surface area contributed by atoms with E-state index in [1.165, 1.54) is 6.21 Å². The maximum absolute atomic E-state index is 11.9. The monoisotopic (exact) mass is 286 g/mol. The Morgan fingerprint density at radius 1 is 1.50 bits per heavy atom. The van der Waals surface area contributed by atoms with Crippen molar-refractivity contribution in [3.8, 4) is 0 Å². The van der Waals surface area contributed by atoms with Crippen molar-refractivity contribution in [1.82, 2.24) is 4.33 Å². The molecule has 0 aliphatic carbocycles. The Balaban J connectivity index is 2.40. The second-order valence-corrected chi connectivity index (χ2v) is 6.36. The molecule has 0 saturated carbocycles. The van der Waals surface area contributed by atoms with Crippen LogP contribution in [-0.4, -0.2) is 36.8 Å². The Morgan fingerprint density at radius 3 is 2.89 bits per heavy atom. The highest BCUT2D eigenvalue weighted by Gasteiger charge is 2.36. The fourth-order valence-corrected chi connectivity index (χ4v) is 3.26. The second-order valence-electron chi connectivity index (χ2n) is 3.98. The molecule has 1 aliphatic heterocycles. The Bertz CT molecular complexity index is 591. The van der Waals surface area contributed by atoms with Crippen LogP contribution in [-0.2, 0) is 10.0 Å². The predicted octanol–water partition coefficient (Wildman–Crippen LogP) is 0.417. The molecule has 0 aromatic heterocycles. The largest absolute Gasteiger partial charge is 0.484 e. The van der Waals surface area contributed by atoms with Crippen LogP contribution in [0.5, 0.6) is 0 Å². The standard InChI is InChI=1S/C10H12BClN2O3S/c1-2-5-18(16,17)14-11(15)10-4-3-9(12)6-8(10)7-13-14/h3-4,6-7,15H,2,5H2,1H3. The zero-order chi connectivity index (χ0) is 13.3. The molecule has 1 heterocycles. The Hall–Kier alpha value is -1.05. The maximum Gasteiger partial charge on any atom is 0.484 e. The summed E-state index contributed by atoms with van der Waals surface area (Å²) in [5.41, 5.74) is 1.10. The molecule has 0 amide bonds. The van der Waals surface area contributed by atoms with E-state index in [0.717, 1.165) is 4.33 Å². The molecule has 96 valence electrons. The Labute approximate surface area is 111 Å². The van der Waals surface area contributed by atoms with Gasteiger partial charge in [0.15, 0.2) is 0 Å². The molecule has 1 N–H and O–H groups in total. The highest BCUT2D eigenvalue weighted by molar-refractivity contribution is 7.90. The molecule has 0 fully saturated rings. The number of hydrogen-bond acceptors (Lipinski definition) is 4. The molecule has 1 aliphatic rings. The lowest BCUT2D eigenvalue weighted by Gasteiger charge is -2.25. The highest BCUT2D eigenvalue weighted by atomic mass is 35.5. The van der Waals surface area contributed by atoms with Crippen LogP contribution in [0.1, 0.15) is 18.9 Å². The van der Waals surface area contributed by atoms with Gasteiger partial charge in [-0.1, -0.05) is 24.6 Å². The minimum absolute atomic E-state index is 0.0513. The van der Waals surface area contributed by atoms with Gasteiger partial charge in [0.25, 0.3) is 0 Å². The van der Waals surface area contributed by atoms with Gasteiger partial charge in [-0.25, -0.2) is 12.7 Å². The van der Waals surface area contributed by atoms with Crippen LogP contribution in [0, 0.1) is 0 Å². The minimum atomic E-state index is -3.58. The van der Waals surface area contributed by atoms with Crippen molar-refractivity contribution in [2.24, 2.45) is 5.10 Å². The van der Waals surface area contributed by atoms with Crippen LogP contribution in [0.15, 0.2) is 23.3 Å². The van der Waals surface area contributed by atoms with E-state index in [1.54, 1.807) is 25.1 Å². The number of hydrazone groups is 1. The lowest BCUT2D eigenvalue weighted by Crippen LogP contribution is -2.52. The van der Waals surface area contributed by atoms with Gasteiger partial charge in [0.1, 0.15) is 0 Å². The molecule has 0 atom stereocenters. The van der Waals surface area contributed by atoms with E-state index in [1.807, 2.05) is 0 Å². The van der Waals surface area contributed by atoms with Gasteiger partial charge in [-0.2, -0.15) is 5.10 Å². The molecule has 0 unspecified atom stereocenters. The van der Waals surface area contributed by atoms with Crippen molar-refractivity contribution in [2.45, 2.75) is 13.3 Å². The number of sulfonamides is 1. The van der Waals surface area contributed by atoms with Crippen molar-refractivity contribution in [1.29, 1.82) is 0 Å². The van der Waals surface area contributed by atoms with Gasteiger partial charge in [0, 0.05) is 5.02 Å². The first-order chi connectivity index (χ1) is 8.45. The molecule has 1 aromatic carbocycles. The number of rotatable bonds is 3. The van der Waals surface area contributed by atoms with E-state index in [9.17, 15) is 13.4 Å². The molecule has 8 heteroatoms. The smallest absolute Gasteiger partial charge is 0.427 e. The van der Waals surface area contributed by atoms with Gasteiger partial charge in [0.05, 0.1) is 12.0 Å². The molecule has 5 nitrogen and oxygen atoms in total. The number of halogens is 1. The number of fused-ring (bicyclic) bond motifs is 1. The molecule has 0 bridgehead atoms. The van der Waals surface area contributed by atoms with Crippen LogP contribution in [0.3, 0.4) is 0 Å². The van der Waals surface area contributed by atoms with Gasteiger partial charge in [-0.3, -0.25) is 0 Å². The lowest BCUT2D eigenvalue weighted by molar-refractivity contribution is 0.475. The van der Waals surface area contributed by atoms with Gasteiger partial charge in [0.2, 0.25) is 10.0 Å². The molecule has 1 aromatic rings. The summed E-state index contributed by atoms with van der Waals surface area (Å²) in [6.07, 6.45) is 1.86. The molecule has 2 rings (SSSR count). The van der Waals surface area contributed by atoms with E-state index in [0.29, 0.717) is 22.5 Å². The number of nitrogens with zero attached hydrogens (tertiary/aromatic N) is 2. The summed E-state index contributed by atoms with van der Waals surface area (Å²) in [6.45, 7) is 1.76. The first-order valence-corrected chi connectivity index (χ1v) is 7.48. The van der Waals surface area contributed by atoms with E-state index in [-0.39, 0.29) is 5.75 Å². The summed E-state index contributed by atoms with van der Waals surface area (Å²) >= 11 is 5.83. The summed E-state index contributed by atoms with van der Waals surface area (Å²) in [5, 5.41) is 14.4. The highest BCUT2D eigenvalue weighted by Crippen LogP contribution is 2.15. The van der Waals surface area contributed by atoms with E-state index >= 15 is 0 Å². The third kappa shape index (κ3) is 2.38. The van der Waals surface area contributed by atoms with Crippen molar-refractivity contribution in [2.75, 3.05) is 5.75 Å². The van der Waals surface area contributed by atoms with Gasteiger partial charge < -0.3 is 5.02 Å². The molecule has 0 radical (unpaired) electrons. The first-order valence-electron chi connectivity index (χ1n) is 5.49. The third-order valence-electron chi connectivity index (χ3n) is 2.59. The summed E-state index contributed by atoms with van der Waals surface area (Å²) < 4.78 is 24.5. The molecule has 0 saturated heterocycles. The van der Waals surface area contributed by atoms with Crippen LogP contribution in [0.2, 0.25) is 5.02 Å². The number of benzene rings is 1. The Kier molecular flexibility index (Phi) is 3.65.